The minimum absolute atomic E-state index is 0.0949. The molecule has 0 saturated carbocycles. The van der Waals surface area contributed by atoms with Crippen molar-refractivity contribution in [2.75, 3.05) is 50.5 Å². The Labute approximate surface area is 191 Å². The standard InChI is InChI=1S/C21H27N5O4S2/c1-15-13-16(2)26(23-15)14-19(27)25(8-7-24-9-11-30-12-10-24)21-22-20-17(31-21)5-4-6-18(20)32(3,28)29/h4-6,13H,7-12,14H2,1-3H3. The van der Waals surface area contributed by atoms with Crippen LogP contribution in [0, 0.1) is 13.8 Å². The maximum Gasteiger partial charge on any atom is 0.250 e. The third kappa shape index (κ3) is 5.01. The average Bonchev–Trinajstić information content (AvgIpc) is 3.30. The number of ether oxygens (including phenoxy) is 1. The van der Waals surface area contributed by atoms with Crippen LogP contribution in [-0.4, -0.2) is 79.6 Å². The molecule has 0 N–H and O–H groups in total. The van der Waals surface area contributed by atoms with Gasteiger partial charge in [-0.25, -0.2) is 13.4 Å². The fourth-order valence-corrected chi connectivity index (χ4v) is 5.70. The fraction of sp³-hybridized carbons (Fsp3) is 0.476. The van der Waals surface area contributed by atoms with Crippen molar-refractivity contribution in [3.8, 4) is 0 Å². The first-order chi connectivity index (χ1) is 15.2. The van der Waals surface area contributed by atoms with Crippen molar-refractivity contribution in [3.05, 3.63) is 35.7 Å². The predicted molar refractivity (Wildman–Crippen MR) is 124 cm³/mol. The number of carbonyl (C=O) groups is 1. The molecule has 1 aliphatic heterocycles. The van der Waals surface area contributed by atoms with E-state index in [1.807, 2.05) is 26.0 Å². The zero-order valence-electron chi connectivity index (χ0n) is 18.4. The van der Waals surface area contributed by atoms with E-state index in [0.29, 0.717) is 37.0 Å². The molecule has 0 atom stereocenters. The van der Waals surface area contributed by atoms with Gasteiger partial charge >= 0.3 is 0 Å². The summed E-state index contributed by atoms with van der Waals surface area (Å²) >= 11 is 1.33. The number of aryl methyl sites for hydroxylation is 2. The van der Waals surface area contributed by atoms with Crippen LogP contribution in [0.5, 0.6) is 0 Å². The molecule has 0 spiro atoms. The Morgan fingerprint density at radius 3 is 2.66 bits per heavy atom. The second-order valence-electron chi connectivity index (χ2n) is 7.96. The number of thiazole rings is 1. The number of aromatic nitrogens is 3. The second-order valence-corrected chi connectivity index (χ2v) is 10.9. The molecule has 172 valence electrons. The van der Waals surface area contributed by atoms with Gasteiger partial charge in [-0.15, -0.1) is 0 Å². The monoisotopic (exact) mass is 477 g/mol. The molecular formula is C21H27N5O4S2. The number of hydrogen-bond donors (Lipinski definition) is 0. The van der Waals surface area contributed by atoms with Gasteiger partial charge in [0.2, 0.25) is 0 Å². The lowest BCUT2D eigenvalue weighted by atomic mass is 10.3. The van der Waals surface area contributed by atoms with Crippen LogP contribution in [0.1, 0.15) is 11.4 Å². The summed E-state index contributed by atoms with van der Waals surface area (Å²) in [4.78, 5) is 22.1. The van der Waals surface area contributed by atoms with Crippen molar-refractivity contribution >= 4 is 42.4 Å². The summed E-state index contributed by atoms with van der Waals surface area (Å²) in [6.07, 6.45) is 1.17. The Hall–Kier alpha value is -2.34. The lowest BCUT2D eigenvalue weighted by Gasteiger charge is -2.29. The zero-order chi connectivity index (χ0) is 22.9. The number of anilines is 1. The van der Waals surface area contributed by atoms with Gasteiger partial charge in [0.25, 0.3) is 5.91 Å². The SMILES string of the molecule is Cc1cc(C)n(CC(=O)N(CCN2CCOCC2)c2nc3c(S(C)(=O)=O)cccc3s2)n1. The number of benzene rings is 1. The van der Waals surface area contributed by atoms with E-state index in [2.05, 4.69) is 15.0 Å². The zero-order valence-corrected chi connectivity index (χ0v) is 20.1. The Bertz CT molecular complexity index is 1230. The topological polar surface area (TPSA) is 97.6 Å². The number of rotatable bonds is 7. The van der Waals surface area contributed by atoms with E-state index >= 15 is 0 Å². The quantitative estimate of drug-likeness (QED) is 0.512. The lowest BCUT2D eigenvalue weighted by Crippen LogP contribution is -2.44. The molecule has 1 aliphatic rings. The summed E-state index contributed by atoms with van der Waals surface area (Å²) in [7, 11) is -3.44. The van der Waals surface area contributed by atoms with E-state index < -0.39 is 9.84 Å². The highest BCUT2D eigenvalue weighted by Gasteiger charge is 2.24. The van der Waals surface area contributed by atoms with E-state index in [4.69, 9.17) is 4.74 Å². The summed E-state index contributed by atoms with van der Waals surface area (Å²) < 4.78 is 32.3. The summed E-state index contributed by atoms with van der Waals surface area (Å²) in [6, 6.07) is 7.02. The first-order valence-corrected chi connectivity index (χ1v) is 13.1. The van der Waals surface area contributed by atoms with Crippen LogP contribution in [0.3, 0.4) is 0 Å². The van der Waals surface area contributed by atoms with Crippen molar-refractivity contribution in [1.82, 2.24) is 19.7 Å². The first-order valence-electron chi connectivity index (χ1n) is 10.4. The van der Waals surface area contributed by atoms with Gasteiger partial charge in [0, 0.05) is 38.1 Å². The molecule has 11 heteroatoms. The van der Waals surface area contributed by atoms with Crippen LogP contribution in [0.2, 0.25) is 0 Å². The molecule has 9 nitrogen and oxygen atoms in total. The van der Waals surface area contributed by atoms with Gasteiger partial charge in [0.1, 0.15) is 12.1 Å². The largest absolute Gasteiger partial charge is 0.379 e. The molecule has 0 bridgehead atoms. The second kappa shape index (κ2) is 9.26. The predicted octanol–water partition coefficient (Wildman–Crippen LogP) is 1.88. The Morgan fingerprint density at radius 2 is 2.00 bits per heavy atom. The smallest absolute Gasteiger partial charge is 0.250 e. The third-order valence-electron chi connectivity index (χ3n) is 5.43. The van der Waals surface area contributed by atoms with Gasteiger partial charge in [-0.1, -0.05) is 17.4 Å². The molecule has 32 heavy (non-hydrogen) atoms. The Balaban J connectivity index is 1.66. The first kappa shape index (κ1) is 22.8. The molecule has 3 aromatic rings. The van der Waals surface area contributed by atoms with E-state index in [1.165, 1.54) is 17.6 Å². The number of nitrogens with zero attached hydrogens (tertiary/aromatic N) is 5. The minimum Gasteiger partial charge on any atom is -0.379 e. The highest BCUT2D eigenvalue weighted by atomic mass is 32.2. The normalized spacial score (nSPS) is 15.3. The lowest BCUT2D eigenvalue weighted by molar-refractivity contribution is -0.119. The molecule has 3 heterocycles. The van der Waals surface area contributed by atoms with Gasteiger partial charge in [-0.05, 0) is 32.0 Å². The van der Waals surface area contributed by atoms with Crippen molar-refractivity contribution in [3.63, 3.8) is 0 Å². The highest BCUT2D eigenvalue weighted by Crippen LogP contribution is 2.32. The number of hydrogen-bond acceptors (Lipinski definition) is 8. The molecule has 1 amide bonds. The molecule has 1 fully saturated rings. The molecule has 1 aromatic carbocycles. The maximum absolute atomic E-state index is 13.4. The molecular weight excluding hydrogens is 450 g/mol. The number of amides is 1. The van der Waals surface area contributed by atoms with Crippen LogP contribution in [0.15, 0.2) is 29.2 Å². The van der Waals surface area contributed by atoms with E-state index in [-0.39, 0.29) is 17.3 Å². The number of para-hydroxylation sites is 1. The van der Waals surface area contributed by atoms with Crippen LogP contribution in [0.25, 0.3) is 10.2 Å². The maximum atomic E-state index is 13.4. The number of sulfone groups is 1. The fourth-order valence-electron chi connectivity index (χ4n) is 3.77. The van der Waals surface area contributed by atoms with Gasteiger partial charge in [-0.2, -0.15) is 5.10 Å². The molecule has 0 unspecified atom stereocenters. The Morgan fingerprint density at radius 1 is 1.25 bits per heavy atom. The third-order valence-corrected chi connectivity index (χ3v) is 7.61. The number of morpholine rings is 1. The van der Waals surface area contributed by atoms with Crippen molar-refractivity contribution in [2.45, 2.75) is 25.3 Å². The number of carbonyl (C=O) groups excluding carboxylic acids is 1. The van der Waals surface area contributed by atoms with Gasteiger partial charge in [0.05, 0.1) is 28.5 Å². The summed E-state index contributed by atoms with van der Waals surface area (Å²) in [6.45, 7) is 8.03. The number of fused-ring (bicyclic) bond motifs is 1. The molecule has 2 aromatic heterocycles. The van der Waals surface area contributed by atoms with Crippen LogP contribution in [0.4, 0.5) is 5.13 Å². The van der Waals surface area contributed by atoms with E-state index in [1.54, 1.807) is 21.7 Å². The summed E-state index contributed by atoms with van der Waals surface area (Å²) in [5, 5.41) is 4.91. The van der Waals surface area contributed by atoms with Gasteiger partial charge in [-0.3, -0.25) is 19.3 Å². The van der Waals surface area contributed by atoms with Crippen LogP contribution < -0.4 is 4.90 Å². The van der Waals surface area contributed by atoms with E-state index in [9.17, 15) is 13.2 Å². The van der Waals surface area contributed by atoms with Crippen LogP contribution in [-0.2, 0) is 25.9 Å². The van der Waals surface area contributed by atoms with Crippen molar-refractivity contribution < 1.29 is 17.9 Å². The molecule has 1 saturated heterocycles. The average molecular weight is 478 g/mol. The van der Waals surface area contributed by atoms with Crippen LogP contribution >= 0.6 is 11.3 Å². The van der Waals surface area contributed by atoms with Crippen molar-refractivity contribution in [1.29, 1.82) is 0 Å². The van der Waals surface area contributed by atoms with E-state index in [0.717, 1.165) is 29.2 Å². The van der Waals surface area contributed by atoms with Gasteiger partial charge in [0.15, 0.2) is 15.0 Å². The molecule has 0 aliphatic carbocycles. The summed E-state index contributed by atoms with van der Waals surface area (Å²) in [5.41, 5.74) is 2.17. The van der Waals surface area contributed by atoms with Crippen molar-refractivity contribution in [2.24, 2.45) is 0 Å². The van der Waals surface area contributed by atoms with Gasteiger partial charge < -0.3 is 4.74 Å². The molecule has 0 radical (unpaired) electrons. The minimum atomic E-state index is -3.44. The summed E-state index contributed by atoms with van der Waals surface area (Å²) in [5.74, 6) is -0.135. The molecule has 4 rings (SSSR count). The Kier molecular flexibility index (Phi) is 6.61. The highest BCUT2D eigenvalue weighted by molar-refractivity contribution is 7.91.